The molecule has 3 heterocycles. The standard InChI is InChI=1S/C17H21N5O3/c23-17(14-10-18-3-4-19-14)20-12-1-2-16-13(9-12)15(21-25-16)11-22-5-7-24-8-6-22/h3-4,10,12H,1-2,5-9,11H2,(H,20,23). The smallest absolute Gasteiger partial charge is 0.271 e. The van der Waals surface area contributed by atoms with Crippen LogP contribution in [0.3, 0.4) is 0 Å². The highest BCUT2D eigenvalue weighted by molar-refractivity contribution is 5.92. The van der Waals surface area contributed by atoms with E-state index in [0.717, 1.165) is 69.1 Å². The first-order valence-corrected chi connectivity index (χ1v) is 8.63. The molecule has 2 aliphatic rings. The minimum absolute atomic E-state index is 0.0600. The lowest BCUT2D eigenvalue weighted by atomic mass is 9.92. The molecule has 25 heavy (non-hydrogen) atoms. The molecule has 1 N–H and O–H groups in total. The molecule has 0 aromatic carbocycles. The van der Waals surface area contributed by atoms with E-state index in [-0.39, 0.29) is 11.9 Å². The number of carbonyl (C=O) groups excluding carboxylic acids is 1. The van der Waals surface area contributed by atoms with Crippen LogP contribution in [0.4, 0.5) is 0 Å². The van der Waals surface area contributed by atoms with E-state index in [0.29, 0.717) is 5.69 Å². The van der Waals surface area contributed by atoms with Crippen molar-refractivity contribution in [1.82, 2.24) is 25.3 Å². The van der Waals surface area contributed by atoms with Gasteiger partial charge in [0, 0.05) is 50.1 Å². The minimum Gasteiger partial charge on any atom is -0.379 e. The van der Waals surface area contributed by atoms with Crippen molar-refractivity contribution in [1.29, 1.82) is 0 Å². The van der Waals surface area contributed by atoms with E-state index >= 15 is 0 Å². The van der Waals surface area contributed by atoms with Crippen LogP contribution in [0.25, 0.3) is 0 Å². The fourth-order valence-electron chi connectivity index (χ4n) is 3.36. The van der Waals surface area contributed by atoms with Gasteiger partial charge in [0.1, 0.15) is 17.1 Å². The monoisotopic (exact) mass is 343 g/mol. The predicted octanol–water partition coefficient (Wildman–Crippen LogP) is 0.584. The van der Waals surface area contributed by atoms with E-state index < -0.39 is 0 Å². The Kier molecular flexibility index (Phi) is 4.71. The number of morpholine rings is 1. The summed E-state index contributed by atoms with van der Waals surface area (Å²) in [6.07, 6.45) is 6.92. The third kappa shape index (κ3) is 3.69. The number of fused-ring (bicyclic) bond motifs is 1. The van der Waals surface area contributed by atoms with Gasteiger partial charge in [-0.3, -0.25) is 14.7 Å². The van der Waals surface area contributed by atoms with Crippen molar-refractivity contribution in [2.75, 3.05) is 26.3 Å². The minimum atomic E-state index is -0.187. The van der Waals surface area contributed by atoms with Crippen molar-refractivity contribution in [3.05, 3.63) is 41.3 Å². The summed E-state index contributed by atoms with van der Waals surface area (Å²) in [6, 6.07) is 0.0600. The molecule has 1 fully saturated rings. The second-order valence-corrected chi connectivity index (χ2v) is 6.42. The number of amides is 1. The highest BCUT2D eigenvalue weighted by Gasteiger charge is 2.28. The fourth-order valence-corrected chi connectivity index (χ4v) is 3.36. The topological polar surface area (TPSA) is 93.4 Å². The van der Waals surface area contributed by atoms with Gasteiger partial charge in [0.05, 0.1) is 19.4 Å². The van der Waals surface area contributed by atoms with Crippen LogP contribution in [-0.4, -0.2) is 58.3 Å². The average molecular weight is 343 g/mol. The van der Waals surface area contributed by atoms with E-state index in [1.165, 1.54) is 12.4 Å². The van der Waals surface area contributed by atoms with Crippen LogP contribution >= 0.6 is 0 Å². The Morgan fingerprint density at radius 1 is 1.32 bits per heavy atom. The summed E-state index contributed by atoms with van der Waals surface area (Å²) < 4.78 is 10.9. The van der Waals surface area contributed by atoms with Crippen LogP contribution in [0, 0.1) is 0 Å². The van der Waals surface area contributed by atoms with Gasteiger partial charge in [-0.05, 0) is 12.8 Å². The van der Waals surface area contributed by atoms with Crippen LogP contribution in [0.5, 0.6) is 0 Å². The number of carbonyl (C=O) groups is 1. The lowest BCUT2D eigenvalue weighted by molar-refractivity contribution is 0.0331. The molecular weight excluding hydrogens is 322 g/mol. The largest absolute Gasteiger partial charge is 0.379 e. The maximum absolute atomic E-state index is 12.3. The third-order valence-corrected chi connectivity index (χ3v) is 4.73. The Morgan fingerprint density at radius 2 is 2.20 bits per heavy atom. The second kappa shape index (κ2) is 7.28. The number of hydrogen-bond acceptors (Lipinski definition) is 7. The van der Waals surface area contributed by atoms with E-state index in [1.807, 2.05) is 0 Å². The first kappa shape index (κ1) is 16.2. The zero-order chi connectivity index (χ0) is 17.1. The second-order valence-electron chi connectivity index (χ2n) is 6.42. The van der Waals surface area contributed by atoms with E-state index in [9.17, 15) is 4.79 Å². The maximum atomic E-state index is 12.3. The molecular formula is C17H21N5O3. The average Bonchev–Trinajstić information content (AvgIpc) is 3.05. The Bertz CT molecular complexity index is 727. The van der Waals surface area contributed by atoms with Gasteiger partial charge in [0.25, 0.3) is 5.91 Å². The molecule has 2 aromatic rings. The first-order chi connectivity index (χ1) is 12.3. The van der Waals surface area contributed by atoms with Crippen LogP contribution in [0.1, 0.15) is 33.9 Å². The summed E-state index contributed by atoms with van der Waals surface area (Å²) in [5.41, 5.74) is 2.46. The molecule has 8 heteroatoms. The van der Waals surface area contributed by atoms with Crippen LogP contribution in [-0.2, 0) is 24.1 Å². The number of nitrogens with one attached hydrogen (secondary N) is 1. The van der Waals surface area contributed by atoms with E-state index in [4.69, 9.17) is 9.26 Å². The van der Waals surface area contributed by atoms with E-state index in [2.05, 4.69) is 25.3 Å². The van der Waals surface area contributed by atoms with Gasteiger partial charge in [-0.1, -0.05) is 5.16 Å². The van der Waals surface area contributed by atoms with Gasteiger partial charge < -0.3 is 14.6 Å². The molecule has 0 bridgehead atoms. The third-order valence-electron chi connectivity index (χ3n) is 4.73. The SMILES string of the molecule is O=C(NC1CCc2onc(CN3CCOCC3)c2C1)c1cnccn1. The van der Waals surface area contributed by atoms with Crippen LogP contribution in [0.15, 0.2) is 23.1 Å². The number of aryl methyl sites for hydroxylation is 1. The number of rotatable bonds is 4. The summed E-state index contributed by atoms with van der Waals surface area (Å²) in [5, 5.41) is 7.32. The highest BCUT2D eigenvalue weighted by atomic mass is 16.5. The van der Waals surface area contributed by atoms with Gasteiger partial charge in [-0.2, -0.15) is 0 Å². The summed E-state index contributed by atoms with van der Waals surface area (Å²) in [5.74, 6) is 0.765. The van der Waals surface area contributed by atoms with Gasteiger partial charge in [0.15, 0.2) is 0 Å². The first-order valence-electron chi connectivity index (χ1n) is 8.63. The number of hydrogen-bond donors (Lipinski definition) is 1. The normalized spacial score (nSPS) is 20.9. The Hall–Kier alpha value is -2.32. The van der Waals surface area contributed by atoms with Crippen molar-refractivity contribution in [2.24, 2.45) is 0 Å². The fraction of sp³-hybridized carbons (Fsp3) is 0.529. The van der Waals surface area contributed by atoms with Gasteiger partial charge >= 0.3 is 0 Å². The number of ether oxygens (including phenoxy) is 1. The predicted molar refractivity (Wildman–Crippen MR) is 87.9 cm³/mol. The number of nitrogens with zero attached hydrogens (tertiary/aromatic N) is 4. The number of aromatic nitrogens is 3. The molecule has 4 rings (SSSR count). The zero-order valence-corrected chi connectivity index (χ0v) is 14.0. The van der Waals surface area contributed by atoms with Gasteiger partial charge in [0.2, 0.25) is 0 Å². The molecule has 0 saturated carbocycles. The summed E-state index contributed by atoms with van der Waals surface area (Å²) in [7, 11) is 0. The lowest BCUT2D eigenvalue weighted by Crippen LogP contribution is -2.40. The van der Waals surface area contributed by atoms with Gasteiger partial charge in [-0.15, -0.1) is 0 Å². The molecule has 132 valence electrons. The lowest BCUT2D eigenvalue weighted by Gasteiger charge is -2.27. The highest BCUT2D eigenvalue weighted by Crippen LogP contribution is 2.26. The molecule has 1 unspecified atom stereocenters. The van der Waals surface area contributed by atoms with Crippen molar-refractivity contribution in [2.45, 2.75) is 31.8 Å². The molecule has 1 saturated heterocycles. The molecule has 1 aliphatic carbocycles. The van der Waals surface area contributed by atoms with Gasteiger partial charge in [-0.25, -0.2) is 4.98 Å². The summed E-state index contributed by atoms with van der Waals surface area (Å²) in [6.45, 7) is 4.11. The Balaban J connectivity index is 1.41. The maximum Gasteiger partial charge on any atom is 0.271 e. The molecule has 2 aromatic heterocycles. The summed E-state index contributed by atoms with van der Waals surface area (Å²) in [4.78, 5) is 22.6. The van der Waals surface area contributed by atoms with Crippen molar-refractivity contribution >= 4 is 5.91 Å². The van der Waals surface area contributed by atoms with Crippen LogP contribution in [0.2, 0.25) is 0 Å². The van der Waals surface area contributed by atoms with Crippen molar-refractivity contribution < 1.29 is 14.1 Å². The molecule has 1 amide bonds. The van der Waals surface area contributed by atoms with E-state index in [1.54, 1.807) is 6.20 Å². The van der Waals surface area contributed by atoms with Crippen molar-refractivity contribution in [3.63, 3.8) is 0 Å². The molecule has 0 radical (unpaired) electrons. The summed E-state index contributed by atoms with van der Waals surface area (Å²) >= 11 is 0. The quantitative estimate of drug-likeness (QED) is 0.868. The molecule has 0 spiro atoms. The Labute approximate surface area is 145 Å². The molecule has 1 aliphatic heterocycles. The van der Waals surface area contributed by atoms with Crippen LogP contribution < -0.4 is 5.32 Å². The zero-order valence-electron chi connectivity index (χ0n) is 14.0. The molecule has 8 nitrogen and oxygen atoms in total. The van der Waals surface area contributed by atoms with Crippen molar-refractivity contribution in [3.8, 4) is 0 Å². The Morgan fingerprint density at radius 3 is 3.00 bits per heavy atom. The molecule has 1 atom stereocenters.